The van der Waals surface area contributed by atoms with Crippen molar-refractivity contribution in [1.82, 2.24) is 10.6 Å². The van der Waals surface area contributed by atoms with E-state index in [9.17, 15) is 14.0 Å². The number of halogens is 1. The van der Waals surface area contributed by atoms with Gasteiger partial charge in [0.05, 0.1) is 6.42 Å². The first-order valence-electron chi connectivity index (χ1n) is 7.35. The first kappa shape index (κ1) is 18.7. The topological polar surface area (TPSA) is 67.4 Å². The van der Waals surface area contributed by atoms with E-state index >= 15 is 0 Å². The van der Waals surface area contributed by atoms with Gasteiger partial charge in [0.2, 0.25) is 5.91 Å². The van der Waals surface area contributed by atoms with Gasteiger partial charge >= 0.3 is 6.09 Å². The molecule has 0 unspecified atom stereocenters. The highest BCUT2D eigenvalue weighted by Crippen LogP contribution is 2.12. The number of rotatable bonds is 6. The van der Waals surface area contributed by atoms with Gasteiger partial charge in [0.15, 0.2) is 0 Å². The van der Waals surface area contributed by atoms with Gasteiger partial charge in [-0.3, -0.25) is 4.79 Å². The minimum Gasteiger partial charge on any atom is -0.444 e. The molecule has 1 aromatic rings. The van der Waals surface area contributed by atoms with Crippen molar-refractivity contribution < 1.29 is 18.7 Å². The monoisotopic (exact) mass is 322 g/mol. The molecule has 5 nitrogen and oxygen atoms in total. The lowest BCUT2D eigenvalue weighted by atomic mass is 10.1. The first-order valence-corrected chi connectivity index (χ1v) is 7.35. The average Bonchev–Trinajstić information content (AvgIpc) is 2.44. The maximum absolute atomic E-state index is 13.6. The summed E-state index contributed by atoms with van der Waals surface area (Å²) in [7, 11) is 0. The maximum atomic E-state index is 13.6. The molecule has 0 atom stereocenters. The Kier molecular flexibility index (Phi) is 6.75. The van der Waals surface area contributed by atoms with Crippen LogP contribution >= 0.6 is 0 Å². The third-order valence-electron chi connectivity index (χ3n) is 2.77. The predicted molar refractivity (Wildman–Crippen MR) is 87.4 cm³/mol. The van der Waals surface area contributed by atoms with Crippen LogP contribution in [0.15, 0.2) is 24.8 Å². The minimum absolute atomic E-state index is 0.0695. The van der Waals surface area contributed by atoms with E-state index in [0.717, 1.165) is 5.56 Å². The number of carbonyl (C=O) groups excluding carboxylic acids is 2. The van der Waals surface area contributed by atoms with E-state index in [1.54, 1.807) is 39.0 Å². The highest BCUT2D eigenvalue weighted by molar-refractivity contribution is 5.79. The van der Waals surface area contributed by atoms with Gasteiger partial charge in [-0.05, 0) is 44.0 Å². The van der Waals surface area contributed by atoms with E-state index in [0.29, 0.717) is 5.56 Å². The van der Waals surface area contributed by atoms with Crippen LogP contribution in [0.3, 0.4) is 0 Å². The highest BCUT2D eigenvalue weighted by atomic mass is 19.1. The summed E-state index contributed by atoms with van der Waals surface area (Å²) in [4.78, 5) is 23.2. The van der Waals surface area contributed by atoms with Gasteiger partial charge in [-0.1, -0.05) is 18.7 Å². The Bertz CT molecular complexity index is 580. The quantitative estimate of drug-likeness (QED) is 0.791. The smallest absolute Gasteiger partial charge is 0.407 e. The molecular formula is C17H23FN2O3. The molecule has 0 aliphatic carbocycles. The van der Waals surface area contributed by atoms with Gasteiger partial charge in [0, 0.05) is 13.1 Å². The van der Waals surface area contributed by atoms with Crippen molar-refractivity contribution in [3.8, 4) is 0 Å². The highest BCUT2D eigenvalue weighted by Gasteiger charge is 2.15. The Balaban J connectivity index is 2.35. The molecule has 1 aromatic carbocycles. The summed E-state index contributed by atoms with van der Waals surface area (Å²) in [6.07, 6.45) is 0.974. The van der Waals surface area contributed by atoms with Gasteiger partial charge < -0.3 is 15.4 Å². The molecule has 0 bridgehead atoms. The fraction of sp³-hybridized carbons (Fsp3) is 0.412. The van der Waals surface area contributed by atoms with Crippen molar-refractivity contribution in [3.05, 3.63) is 41.7 Å². The molecule has 6 heteroatoms. The number of carbonyl (C=O) groups is 2. The van der Waals surface area contributed by atoms with Gasteiger partial charge in [-0.25, -0.2) is 9.18 Å². The summed E-state index contributed by atoms with van der Waals surface area (Å²) in [5.41, 5.74) is 0.488. The number of hydrogen-bond acceptors (Lipinski definition) is 3. The second kappa shape index (κ2) is 8.31. The molecule has 2 amide bonds. The van der Waals surface area contributed by atoms with Crippen LogP contribution in [-0.2, 0) is 16.0 Å². The summed E-state index contributed by atoms with van der Waals surface area (Å²) in [6, 6.07) is 4.49. The van der Waals surface area contributed by atoms with Crippen LogP contribution in [-0.4, -0.2) is 30.7 Å². The number of benzene rings is 1. The predicted octanol–water partition coefficient (Wildman–Crippen LogP) is 2.65. The molecule has 0 fully saturated rings. The van der Waals surface area contributed by atoms with Crippen LogP contribution < -0.4 is 10.6 Å². The van der Waals surface area contributed by atoms with Gasteiger partial charge in [0.1, 0.15) is 11.4 Å². The van der Waals surface area contributed by atoms with Crippen LogP contribution in [0, 0.1) is 5.82 Å². The van der Waals surface area contributed by atoms with Gasteiger partial charge in [-0.15, -0.1) is 0 Å². The van der Waals surface area contributed by atoms with Crippen LogP contribution in [0.2, 0.25) is 0 Å². The molecule has 0 aliphatic heterocycles. The summed E-state index contributed by atoms with van der Waals surface area (Å²) in [5.74, 6) is -0.756. The normalized spacial score (nSPS) is 10.8. The Morgan fingerprint density at radius 1 is 1.26 bits per heavy atom. The number of ether oxygens (including phenoxy) is 1. The summed E-state index contributed by atoms with van der Waals surface area (Å²) < 4.78 is 18.7. The summed E-state index contributed by atoms with van der Waals surface area (Å²) in [6.45, 7) is 9.37. The maximum Gasteiger partial charge on any atom is 0.407 e. The Morgan fingerprint density at radius 2 is 1.91 bits per heavy atom. The largest absolute Gasteiger partial charge is 0.444 e. The van der Waals surface area contributed by atoms with E-state index in [2.05, 4.69) is 17.2 Å². The molecule has 23 heavy (non-hydrogen) atoms. The molecule has 0 aliphatic rings. The lowest BCUT2D eigenvalue weighted by Crippen LogP contribution is -2.38. The molecule has 0 aromatic heterocycles. The van der Waals surface area contributed by atoms with E-state index in [-0.39, 0.29) is 25.4 Å². The second-order valence-corrected chi connectivity index (χ2v) is 6.01. The molecule has 0 spiro atoms. The Morgan fingerprint density at radius 3 is 2.52 bits per heavy atom. The third kappa shape index (κ3) is 7.44. The van der Waals surface area contributed by atoms with E-state index in [1.165, 1.54) is 6.07 Å². The number of amides is 2. The molecule has 1 rings (SSSR count). The standard InChI is InChI=1S/C17H23FN2O3/c1-5-12-6-7-14(18)13(10-12)11-15(21)19-8-9-20-16(22)23-17(2,3)4/h5-7,10H,1,8-9,11H2,2-4H3,(H,19,21)(H,20,22). The number of nitrogens with one attached hydrogen (secondary N) is 2. The molecule has 0 saturated carbocycles. The van der Waals surface area contributed by atoms with Crippen LogP contribution in [0.25, 0.3) is 6.08 Å². The Labute approximate surface area is 135 Å². The van der Waals surface area contributed by atoms with Gasteiger partial charge in [0.25, 0.3) is 0 Å². The van der Waals surface area contributed by atoms with E-state index < -0.39 is 17.5 Å². The van der Waals surface area contributed by atoms with Crippen molar-refractivity contribution in [2.45, 2.75) is 32.8 Å². The SMILES string of the molecule is C=Cc1ccc(F)c(CC(=O)NCCNC(=O)OC(C)(C)C)c1. The first-order chi connectivity index (χ1) is 10.7. The average molecular weight is 322 g/mol. The van der Waals surface area contributed by atoms with E-state index in [1.807, 2.05) is 0 Å². The third-order valence-corrected chi connectivity index (χ3v) is 2.77. The number of alkyl carbamates (subject to hydrolysis) is 1. The lowest BCUT2D eigenvalue weighted by molar-refractivity contribution is -0.120. The van der Waals surface area contributed by atoms with Gasteiger partial charge in [-0.2, -0.15) is 0 Å². The van der Waals surface area contributed by atoms with Crippen LogP contribution in [0.1, 0.15) is 31.9 Å². The molecule has 0 saturated heterocycles. The molecule has 0 radical (unpaired) electrons. The zero-order chi connectivity index (χ0) is 17.5. The zero-order valence-electron chi connectivity index (χ0n) is 13.7. The molecule has 0 heterocycles. The summed E-state index contributed by atoms with van der Waals surface area (Å²) >= 11 is 0. The zero-order valence-corrected chi connectivity index (χ0v) is 13.7. The van der Waals surface area contributed by atoms with Crippen molar-refractivity contribution in [3.63, 3.8) is 0 Å². The number of hydrogen-bond donors (Lipinski definition) is 2. The second-order valence-electron chi connectivity index (χ2n) is 6.01. The molecule has 2 N–H and O–H groups in total. The minimum atomic E-state index is -0.568. The van der Waals surface area contributed by atoms with Crippen molar-refractivity contribution >= 4 is 18.1 Å². The lowest BCUT2D eigenvalue weighted by Gasteiger charge is -2.19. The summed E-state index contributed by atoms with van der Waals surface area (Å²) in [5, 5.41) is 5.14. The van der Waals surface area contributed by atoms with Crippen molar-refractivity contribution in [1.29, 1.82) is 0 Å². The fourth-order valence-corrected chi connectivity index (χ4v) is 1.77. The Hall–Kier alpha value is -2.37. The molecular weight excluding hydrogens is 299 g/mol. The van der Waals surface area contributed by atoms with E-state index in [4.69, 9.17) is 4.74 Å². The van der Waals surface area contributed by atoms with Crippen molar-refractivity contribution in [2.24, 2.45) is 0 Å². The van der Waals surface area contributed by atoms with Crippen molar-refractivity contribution in [2.75, 3.05) is 13.1 Å². The molecule has 126 valence electrons. The van der Waals surface area contributed by atoms with Crippen LogP contribution in [0.5, 0.6) is 0 Å². The fourth-order valence-electron chi connectivity index (χ4n) is 1.77. The van der Waals surface area contributed by atoms with Crippen LogP contribution in [0.4, 0.5) is 9.18 Å².